The van der Waals surface area contributed by atoms with Gasteiger partial charge in [0.05, 0.1) is 6.07 Å². The lowest BCUT2D eigenvalue weighted by Gasteiger charge is -2.26. The number of hydrogen-bond acceptors (Lipinski definition) is 2. The Morgan fingerprint density at radius 3 is 2.65 bits per heavy atom. The highest BCUT2D eigenvalue weighted by atomic mass is 19.1. The van der Waals surface area contributed by atoms with E-state index >= 15 is 0 Å². The van der Waals surface area contributed by atoms with Crippen LogP contribution in [0.25, 0.3) is 0 Å². The van der Waals surface area contributed by atoms with Crippen LogP contribution in [0.5, 0.6) is 0 Å². The Labute approximate surface area is 103 Å². The maximum atomic E-state index is 13.0. The minimum absolute atomic E-state index is 0.195. The lowest BCUT2D eigenvalue weighted by atomic mass is 10.1. The van der Waals surface area contributed by atoms with Crippen LogP contribution in [0.15, 0.2) is 18.2 Å². The number of aryl methyl sites for hydroxylation is 1. The summed E-state index contributed by atoms with van der Waals surface area (Å²) in [7, 11) is 0. The van der Waals surface area contributed by atoms with E-state index in [4.69, 9.17) is 5.26 Å². The van der Waals surface area contributed by atoms with Crippen molar-refractivity contribution in [3.05, 3.63) is 35.1 Å². The van der Waals surface area contributed by atoms with Gasteiger partial charge in [0.2, 0.25) is 0 Å². The molecule has 17 heavy (non-hydrogen) atoms. The van der Waals surface area contributed by atoms with Crippen LogP contribution in [-0.4, -0.2) is 17.5 Å². The number of nitriles is 1. The highest BCUT2D eigenvalue weighted by Crippen LogP contribution is 2.14. The van der Waals surface area contributed by atoms with Crippen LogP contribution in [0.1, 0.15) is 31.4 Å². The van der Waals surface area contributed by atoms with E-state index in [0.717, 1.165) is 24.2 Å². The third kappa shape index (κ3) is 4.16. The van der Waals surface area contributed by atoms with Crippen molar-refractivity contribution in [2.24, 2.45) is 0 Å². The van der Waals surface area contributed by atoms with Gasteiger partial charge < -0.3 is 0 Å². The van der Waals surface area contributed by atoms with Gasteiger partial charge in [-0.05, 0) is 44.0 Å². The van der Waals surface area contributed by atoms with Crippen LogP contribution in [0.4, 0.5) is 4.39 Å². The largest absolute Gasteiger partial charge is 0.296 e. The van der Waals surface area contributed by atoms with Crippen LogP contribution < -0.4 is 0 Å². The Morgan fingerprint density at radius 2 is 2.12 bits per heavy atom. The lowest BCUT2D eigenvalue weighted by molar-refractivity contribution is 0.217. The van der Waals surface area contributed by atoms with E-state index in [9.17, 15) is 4.39 Å². The summed E-state index contributed by atoms with van der Waals surface area (Å²) in [6.07, 6.45) is 0.526. The van der Waals surface area contributed by atoms with Gasteiger partial charge in [-0.1, -0.05) is 6.07 Å². The molecule has 0 bridgehead atoms. The van der Waals surface area contributed by atoms with E-state index in [0.29, 0.717) is 12.5 Å². The maximum absolute atomic E-state index is 13.0. The third-order valence-electron chi connectivity index (χ3n) is 2.92. The molecule has 1 rings (SSSR count). The van der Waals surface area contributed by atoms with Gasteiger partial charge in [-0.3, -0.25) is 4.90 Å². The van der Waals surface area contributed by atoms with Crippen molar-refractivity contribution < 1.29 is 4.39 Å². The minimum Gasteiger partial charge on any atom is -0.296 e. The molecule has 0 N–H and O–H groups in total. The Balaban J connectivity index is 2.75. The highest BCUT2D eigenvalue weighted by Gasteiger charge is 2.11. The summed E-state index contributed by atoms with van der Waals surface area (Å²) in [4.78, 5) is 2.23. The monoisotopic (exact) mass is 234 g/mol. The van der Waals surface area contributed by atoms with Crippen LogP contribution in [-0.2, 0) is 6.54 Å². The molecule has 0 spiro atoms. The molecule has 1 aromatic carbocycles. The van der Waals surface area contributed by atoms with Gasteiger partial charge in [0.1, 0.15) is 5.82 Å². The quantitative estimate of drug-likeness (QED) is 0.782. The van der Waals surface area contributed by atoms with Crippen molar-refractivity contribution in [1.82, 2.24) is 4.90 Å². The zero-order chi connectivity index (χ0) is 12.8. The van der Waals surface area contributed by atoms with Gasteiger partial charge in [-0.25, -0.2) is 4.39 Å². The Kier molecular flexibility index (Phi) is 5.11. The fraction of sp³-hybridized carbons (Fsp3) is 0.500. The molecule has 0 aliphatic rings. The molecule has 0 aromatic heterocycles. The molecule has 1 aromatic rings. The number of rotatable bonds is 5. The first-order valence-corrected chi connectivity index (χ1v) is 5.90. The molecular weight excluding hydrogens is 215 g/mol. The third-order valence-corrected chi connectivity index (χ3v) is 2.92. The first-order valence-electron chi connectivity index (χ1n) is 5.90. The molecule has 0 atom stereocenters. The summed E-state index contributed by atoms with van der Waals surface area (Å²) < 4.78 is 13.0. The molecule has 0 unspecified atom stereocenters. The molecule has 0 aliphatic carbocycles. The fourth-order valence-corrected chi connectivity index (χ4v) is 1.77. The normalized spacial score (nSPS) is 10.9. The second-order valence-electron chi connectivity index (χ2n) is 4.54. The second-order valence-corrected chi connectivity index (χ2v) is 4.54. The van der Waals surface area contributed by atoms with E-state index in [2.05, 4.69) is 24.8 Å². The van der Waals surface area contributed by atoms with Crippen molar-refractivity contribution in [2.75, 3.05) is 6.54 Å². The molecular formula is C14H19FN2. The van der Waals surface area contributed by atoms with E-state index in [-0.39, 0.29) is 5.82 Å². The predicted molar refractivity (Wildman–Crippen MR) is 66.9 cm³/mol. The summed E-state index contributed by atoms with van der Waals surface area (Å²) in [6, 6.07) is 7.41. The van der Waals surface area contributed by atoms with E-state index in [1.54, 1.807) is 6.07 Å². The number of nitrogens with zero attached hydrogens (tertiary/aromatic N) is 2. The van der Waals surface area contributed by atoms with Crippen LogP contribution >= 0.6 is 0 Å². The Hall–Kier alpha value is -1.40. The van der Waals surface area contributed by atoms with E-state index in [1.807, 2.05) is 13.0 Å². The summed E-state index contributed by atoms with van der Waals surface area (Å²) in [5, 5.41) is 8.63. The standard InChI is InChI=1S/C14H19FN2/c1-11(2)17(8-4-7-16)10-13-5-6-14(15)9-12(13)3/h5-6,9,11H,4,8,10H2,1-3H3. The zero-order valence-corrected chi connectivity index (χ0v) is 10.7. The molecule has 0 heterocycles. The van der Waals surface area contributed by atoms with Crippen LogP contribution in [0.2, 0.25) is 0 Å². The summed E-state index contributed by atoms with van der Waals surface area (Å²) >= 11 is 0. The lowest BCUT2D eigenvalue weighted by Crippen LogP contribution is -2.31. The van der Waals surface area contributed by atoms with Crippen molar-refractivity contribution >= 4 is 0 Å². The van der Waals surface area contributed by atoms with Gasteiger partial charge in [-0.2, -0.15) is 5.26 Å². The highest BCUT2D eigenvalue weighted by molar-refractivity contribution is 5.26. The average molecular weight is 234 g/mol. The molecule has 0 amide bonds. The molecule has 0 fully saturated rings. The molecule has 0 radical (unpaired) electrons. The van der Waals surface area contributed by atoms with Gasteiger partial charge in [0.25, 0.3) is 0 Å². The van der Waals surface area contributed by atoms with Gasteiger partial charge in [0, 0.05) is 25.6 Å². The van der Waals surface area contributed by atoms with E-state index < -0.39 is 0 Å². The number of halogens is 1. The van der Waals surface area contributed by atoms with Crippen LogP contribution in [0.3, 0.4) is 0 Å². The molecule has 92 valence electrons. The van der Waals surface area contributed by atoms with Crippen molar-refractivity contribution in [2.45, 2.75) is 39.8 Å². The molecule has 2 nitrogen and oxygen atoms in total. The van der Waals surface area contributed by atoms with Gasteiger partial charge in [0.15, 0.2) is 0 Å². The molecule has 0 saturated heterocycles. The van der Waals surface area contributed by atoms with Crippen molar-refractivity contribution in [3.8, 4) is 6.07 Å². The smallest absolute Gasteiger partial charge is 0.123 e. The topological polar surface area (TPSA) is 27.0 Å². The summed E-state index contributed by atoms with van der Waals surface area (Å²) in [5.74, 6) is -0.195. The summed E-state index contributed by atoms with van der Waals surface area (Å²) in [5.41, 5.74) is 2.09. The molecule has 0 aliphatic heterocycles. The van der Waals surface area contributed by atoms with Gasteiger partial charge >= 0.3 is 0 Å². The second kappa shape index (κ2) is 6.36. The first-order chi connectivity index (χ1) is 8.04. The SMILES string of the molecule is Cc1cc(F)ccc1CN(CCC#N)C(C)C. The number of hydrogen-bond donors (Lipinski definition) is 0. The number of benzene rings is 1. The Bertz CT molecular complexity index is 407. The fourth-order valence-electron chi connectivity index (χ4n) is 1.77. The Morgan fingerprint density at radius 1 is 1.41 bits per heavy atom. The first kappa shape index (κ1) is 13.7. The average Bonchev–Trinajstić information content (AvgIpc) is 2.26. The van der Waals surface area contributed by atoms with Gasteiger partial charge in [-0.15, -0.1) is 0 Å². The minimum atomic E-state index is -0.195. The van der Waals surface area contributed by atoms with Crippen molar-refractivity contribution in [1.29, 1.82) is 5.26 Å². The zero-order valence-electron chi connectivity index (χ0n) is 10.7. The van der Waals surface area contributed by atoms with E-state index in [1.165, 1.54) is 6.07 Å². The molecule has 3 heteroatoms. The van der Waals surface area contributed by atoms with Crippen LogP contribution in [0, 0.1) is 24.1 Å². The predicted octanol–water partition coefficient (Wildman–Crippen LogP) is 3.26. The summed E-state index contributed by atoms with van der Waals surface area (Å²) in [6.45, 7) is 7.66. The van der Waals surface area contributed by atoms with Crippen molar-refractivity contribution in [3.63, 3.8) is 0 Å². The maximum Gasteiger partial charge on any atom is 0.123 e. The molecule has 0 saturated carbocycles.